The van der Waals surface area contributed by atoms with Crippen molar-refractivity contribution < 1.29 is 13.5 Å². The molecule has 0 aromatic heterocycles. The number of anilines is 1. The maximum Gasteiger partial charge on any atom is 0.238 e. The number of aliphatic hydroxyl groups excluding tert-OH is 1. The average molecular weight is 292 g/mol. The molecule has 0 heterocycles. The summed E-state index contributed by atoms with van der Waals surface area (Å²) in [6, 6.07) is 13.8. The summed E-state index contributed by atoms with van der Waals surface area (Å²) in [5.41, 5.74) is 2.74. The van der Waals surface area contributed by atoms with Crippen LogP contribution in [0.1, 0.15) is 11.1 Å². The Morgan fingerprint density at radius 3 is 2.00 bits per heavy atom. The van der Waals surface area contributed by atoms with E-state index in [1.54, 1.807) is 12.1 Å². The van der Waals surface area contributed by atoms with Gasteiger partial charge >= 0.3 is 0 Å². The van der Waals surface area contributed by atoms with Crippen molar-refractivity contribution >= 4 is 15.7 Å². The van der Waals surface area contributed by atoms with E-state index in [1.807, 2.05) is 24.3 Å². The number of nitrogens with one attached hydrogen (secondary N) is 1. The largest absolute Gasteiger partial charge is 0.392 e. The monoisotopic (exact) mass is 292 g/mol. The first-order valence-electron chi connectivity index (χ1n) is 6.04. The van der Waals surface area contributed by atoms with E-state index in [0.29, 0.717) is 6.54 Å². The van der Waals surface area contributed by atoms with E-state index in [4.69, 9.17) is 10.2 Å². The van der Waals surface area contributed by atoms with E-state index in [1.165, 1.54) is 12.1 Å². The number of nitrogens with two attached hydrogens (primary N) is 1. The Balaban J connectivity index is 2.00. The zero-order valence-corrected chi connectivity index (χ0v) is 11.6. The molecule has 0 saturated carbocycles. The van der Waals surface area contributed by atoms with Gasteiger partial charge in [-0.2, -0.15) is 0 Å². The number of benzene rings is 2. The second kappa shape index (κ2) is 6.04. The first kappa shape index (κ1) is 14.5. The summed E-state index contributed by atoms with van der Waals surface area (Å²) < 4.78 is 22.2. The van der Waals surface area contributed by atoms with Crippen molar-refractivity contribution in [1.29, 1.82) is 0 Å². The molecular weight excluding hydrogens is 276 g/mol. The van der Waals surface area contributed by atoms with Crippen molar-refractivity contribution in [2.75, 3.05) is 5.32 Å². The third-order valence-corrected chi connectivity index (χ3v) is 3.81. The fraction of sp³-hybridized carbons (Fsp3) is 0.143. The van der Waals surface area contributed by atoms with Crippen LogP contribution in [0.2, 0.25) is 0 Å². The van der Waals surface area contributed by atoms with Gasteiger partial charge in [-0.05, 0) is 35.4 Å². The normalized spacial score (nSPS) is 11.3. The minimum Gasteiger partial charge on any atom is -0.392 e. The molecule has 0 spiro atoms. The molecule has 20 heavy (non-hydrogen) atoms. The fourth-order valence-electron chi connectivity index (χ4n) is 1.73. The van der Waals surface area contributed by atoms with Gasteiger partial charge in [0.1, 0.15) is 0 Å². The topological polar surface area (TPSA) is 92.4 Å². The molecule has 0 saturated heterocycles. The lowest BCUT2D eigenvalue weighted by molar-refractivity contribution is 0.282. The molecule has 2 aromatic rings. The van der Waals surface area contributed by atoms with Crippen LogP contribution in [0.3, 0.4) is 0 Å². The van der Waals surface area contributed by atoms with E-state index < -0.39 is 10.0 Å². The number of primary sulfonamides is 1. The number of hydrogen-bond acceptors (Lipinski definition) is 4. The maximum atomic E-state index is 11.1. The highest BCUT2D eigenvalue weighted by molar-refractivity contribution is 7.89. The molecular formula is C14H16N2O3S. The van der Waals surface area contributed by atoms with Gasteiger partial charge in [0, 0.05) is 12.2 Å². The predicted molar refractivity (Wildman–Crippen MR) is 77.5 cm³/mol. The maximum absolute atomic E-state index is 11.1. The van der Waals surface area contributed by atoms with Crippen LogP contribution < -0.4 is 10.5 Å². The van der Waals surface area contributed by atoms with Crippen LogP contribution in [0.15, 0.2) is 53.4 Å². The molecule has 4 N–H and O–H groups in total. The minimum absolute atomic E-state index is 0.0305. The van der Waals surface area contributed by atoms with Crippen molar-refractivity contribution in [3.05, 3.63) is 59.7 Å². The summed E-state index contributed by atoms with van der Waals surface area (Å²) in [5.74, 6) is 0. The molecule has 0 amide bonds. The molecule has 0 aliphatic heterocycles. The second-order valence-electron chi connectivity index (χ2n) is 4.40. The van der Waals surface area contributed by atoms with Gasteiger partial charge in [-0.15, -0.1) is 0 Å². The smallest absolute Gasteiger partial charge is 0.238 e. The third kappa shape index (κ3) is 3.80. The number of sulfonamides is 1. The second-order valence-corrected chi connectivity index (χ2v) is 5.96. The van der Waals surface area contributed by atoms with Gasteiger partial charge in [0.25, 0.3) is 0 Å². The zero-order valence-electron chi connectivity index (χ0n) is 10.8. The Labute approximate surface area is 118 Å². The Morgan fingerprint density at radius 1 is 0.950 bits per heavy atom. The molecule has 5 nitrogen and oxygen atoms in total. The minimum atomic E-state index is -3.65. The van der Waals surface area contributed by atoms with Gasteiger partial charge in [-0.25, -0.2) is 13.6 Å². The summed E-state index contributed by atoms with van der Waals surface area (Å²) in [7, 11) is -3.65. The lowest BCUT2D eigenvalue weighted by Crippen LogP contribution is -2.12. The summed E-state index contributed by atoms with van der Waals surface area (Å²) >= 11 is 0. The van der Waals surface area contributed by atoms with Crippen LogP contribution in [-0.4, -0.2) is 13.5 Å². The van der Waals surface area contributed by atoms with Gasteiger partial charge in [0.05, 0.1) is 11.5 Å². The molecule has 0 radical (unpaired) electrons. The Hall–Kier alpha value is -1.89. The van der Waals surface area contributed by atoms with E-state index in [2.05, 4.69) is 5.32 Å². The highest BCUT2D eigenvalue weighted by Gasteiger charge is 2.06. The highest BCUT2D eigenvalue weighted by Crippen LogP contribution is 2.14. The standard InChI is InChI=1S/C14H16N2O3S/c15-20(18,19)14-7-5-13(6-8-14)16-9-11-1-3-12(10-17)4-2-11/h1-8,16-17H,9-10H2,(H2,15,18,19). The Kier molecular flexibility index (Phi) is 4.39. The predicted octanol–water partition coefficient (Wildman–Crippen LogP) is 1.44. The lowest BCUT2D eigenvalue weighted by atomic mass is 10.1. The van der Waals surface area contributed by atoms with Gasteiger partial charge < -0.3 is 10.4 Å². The molecule has 0 fully saturated rings. The highest BCUT2D eigenvalue weighted by atomic mass is 32.2. The van der Waals surface area contributed by atoms with E-state index >= 15 is 0 Å². The van der Waals surface area contributed by atoms with Crippen molar-refractivity contribution in [3.8, 4) is 0 Å². The Morgan fingerprint density at radius 2 is 1.50 bits per heavy atom. The summed E-state index contributed by atoms with van der Waals surface area (Å²) in [6.45, 7) is 0.642. The molecule has 0 unspecified atom stereocenters. The van der Waals surface area contributed by atoms with E-state index in [-0.39, 0.29) is 11.5 Å². The third-order valence-electron chi connectivity index (χ3n) is 2.89. The van der Waals surface area contributed by atoms with Crippen LogP contribution in [-0.2, 0) is 23.2 Å². The quantitative estimate of drug-likeness (QED) is 0.777. The first-order chi connectivity index (χ1) is 9.49. The SMILES string of the molecule is NS(=O)(=O)c1ccc(NCc2ccc(CO)cc2)cc1. The van der Waals surface area contributed by atoms with Gasteiger partial charge in [-0.3, -0.25) is 0 Å². The number of rotatable bonds is 5. The fourth-order valence-corrected chi connectivity index (χ4v) is 2.24. The number of hydrogen-bond donors (Lipinski definition) is 3. The Bertz CT molecular complexity index is 665. The average Bonchev–Trinajstić information content (AvgIpc) is 2.45. The van der Waals surface area contributed by atoms with E-state index in [9.17, 15) is 8.42 Å². The van der Waals surface area contributed by atoms with Crippen molar-refractivity contribution in [2.45, 2.75) is 18.0 Å². The van der Waals surface area contributed by atoms with Crippen LogP contribution in [0.4, 0.5) is 5.69 Å². The zero-order chi connectivity index (χ0) is 14.6. The van der Waals surface area contributed by atoms with Crippen LogP contribution >= 0.6 is 0 Å². The van der Waals surface area contributed by atoms with Crippen molar-refractivity contribution in [1.82, 2.24) is 0 Å². The molecule has 106 valence electrons. The lowest BCUT2D eigenvalue weighted by Gasteiger charge is -2.07. The molecule has 2 aromatic carbocycles. The molecule has 2 rings (SSSR count). The summed E-state index contributed by atoms with van der Waals surface area (Å²) in [5, 5.41) is 17.2. The number of aliphatic hydroxyl groups is 1. The van der Waals surface area contributed by atoms with Gasteiger partial charge in [-0.1, -0.05) is 24.3 Å². The first-order valence-corrected chi connectivity index (χ1v) is 7.59. The molecule has 0 bridgehead atoms. The summed E-state index contributed by atoms with van der Waals surface area (Å²) in [6.07, 6.45) is 0. The van der Waals surface area contributed by atoms with Crippen LogP contribution in [0, 0.1) is 0 Å². The van der Waals surface area contributed by atoms with Gasteiger partial charge in [0.2, 0.25) is 10.0 Å². The van der Waals surface area contributed by atoms with Crippen molar-refractivity contribution in [2.24, 2.45) is 5.14 Å². The van der Waals surface area contributed by atoms with E-state index in [0.717, 1.165) is 16.8 Å². The van der Waals surface area contributed by atoms with Crippen LogP contribution in [0.25, 0.3) is 0 Å². The molecule has 6 heteroatoms. The molecule has 0 atom stereocenters. The molecule has 0 aliphatic carbocycles. The van der Waals surface area contributed by atoms with Gasteiger partial charge in [0.15, 0.2) is 0 Å². The molecule has 0 aliphatic rings. The van der Waals surface area contributed by atoms with Crippen LogP contribution in [0.5, 0.6) is 0 Å². The van der Waals surface area contributed by atoms with Crippen molar-refractivity contribution in [3.63, 3.8) is 0 Å². The summed E-state index contributed by atoms with van der Waals surface area (Å²) in [4.78, 5) is 0.0929.